The molecule has 0 spiro atoms. The molecule has 4 nitrogen and oxygen atoms in total. The van der Waals surface area contributed by atoms with Gasteiger partial charge in [0.1, 0.15) is 0 Å². The lowest BCUT2D eigenvalue weighted by atomic mass is 9.84. The molecule has 19 heavy (non-hydrogen) atoms. The summed E-state index contributed by atoms with van der Waals surface area (Å²) >= 11 is 0. The Morgan fingerprint density at radius 3 is 2.16 bits per heavy atom. The first-order valence-electron chi connectivity index (χ1n) is 6.93. The zero-order chi connectivity index (χ0) is 13.8. The molecule has 6 heteroatoms. The summed E-state index contributed by atoms with van der Waals surface area (Å²) in [4.78, 5) is 0. The minimum absolute atomic E-state index is 0. The second-order valence-corrected chi connectivity index (χ2v) is 8.43. The summed E-state index contributed by atoms with van der Waals surface area (Å²) < 4.78 is 27.0. The van der Waals surface area contributed by atoms with Crippen molar-refractivity contribution < 1.29 is 8.42 Å². The largest absolute Gasteiger partial charge is 0.329 e. The number of hydrogen-bond donors (Lipinski definition) is 2. The van der Waals surface area contributed by atoms with Crippen molar-refractivity contribution in [3.63, 3.8) is 0 Å². The van der Waals surface area contributed by atoms with Crippen LogP contribution in [0.4, 0.5) is 0 Å². The number of halogens is 1. The SMILES string of the molecule is CC(C)(C)CS(=O)(=O)NC(CN)C1CCCCC1.Cl. The van der Waals surface area contributed by atoms with Crippen LogP contribution in [0.1, 0.15) is 52.9 Å². The van der Waals surface area contributed by atoms with E-state index in [4.69, 9.17) is 5.73 Å². The van der Waals surface area contributed by atoms with E-state index >= 15 is 0 Å². The fourth-order valence-electron chi connectivity index (χ4n) is 2.72. The van der Waals surface area contributed by atoms with Crippen molar-refractivity contribution in [3.05, 3.63) is 0 Å². The summed E-state index contributed by atoms with van der Waals surface area (Å²) in [5.74, 6) is 0.571. The third-order valence-electron chi connectivity index (χ3n) is 3.43. The number of sulfonamides is 1. The predicted molar refractivity (Wildman–Crippen MR) is 83.0 cm³/mol. The maximum absolute atomic E-state index is 12.1. The summed E-state index contributed by atoms with van der Waals surface area (Å²) in [6, 6.07) is -0.0855. The summed E-state index contributed by atoms with van der Waals surface area (Å²) in [5.41, 5.74) is 5.52. The van der Waals surface area contributed by atoms with Gasteiger partial charge in [-0.25, -0.2) is 13.1 Å². The second kappa shape index (κ2) is 7.81. The fraction of sp³-hybridized carbons (Fsp3) is 1.00. The first kappa shape index (κ1) is 19.2. The molecule has 1 unspecified atom stereocenters. The van der Waals surface area contributed by atoms with Crippen molar-refractivity contribution >= 4 is 22.4 Å². The average molecular weight is 313 g/mol. The van der Waals surface area contributed by atoms with Gasteiger partial charge in [0.05, 0.1) is 5.75 Å². The first-order chi connectivity index (χ1) is 8.23. The van der Waals surface area contributed by atoms with Gasteiger partial charge in [-0.3, -0.25) is 0 Å². The van der Waals surface area contributed by atoms with Crippen molar-refractivity contribution in [3.8, 4) is 0 Å². The average Bonchev–Trinajstić information content (AvgIpc) is 2.24. The van der Waals surface area contributed by atoms with E-state index < -0.39 is 10.0 Å². The van der Waals surface area contributed by atoms with Gasteiger partial charge in [-0.1, -0.05) is 40.0 Å². The van der Waals surface area contributed by atoms with E-state index in [0.29, 0.717) is 12.5 Å². The molecule has 1 saturated carbocycles. The van der Waals surface area contributed by atoms with Crippen LogP contribution in [-0.2, 0) is 10.0 Å². The van der Waals surface area contributed by atoms with E-state index in [1.165, 1.54) is 19.3 Å². The molecule has 0 bridgehead atoms. The minimum Gasteiger partial charge on any atom is -0.329 e. The third kappa shape index (κ3) is 7.49. The van der Waals surface area contributed by atoms with Gasteiger partial charge < -0.3 is 5.73 Å². The van der Waals surface area contributed by atoms with Crippen molar-refractivity contribution in [2.75, 3.05) is 12.3 Å². The van der Waals surface area contributed by atoms with Gasteiger partial charge in [-0.15, -0.1) is 12.4 Å². The Morgan fingerprint density at radius 2 is 1.74 bits per heavy atom. The smallest absolute Gasteiger partial charge is 0.212 e. The molecule has 0 aliphatic heterocycles. The molecule has 1 fully saturated rings. The summed E-state index contributed by atoms with van der Waals surface area (Å²) in [6.07, 6.45) is 5.85. The van der Waals surface area contributed by atoms with E-state index in [1.807, 2.05) is 20.8 Å². The molecule has 116 valence electrons. The van der Waals surface area contributed by atoms with E-state index in [1.54, 1.807) is 0 Å². The van der Waals surface area contributed by atoms with Crippen LogP contribution >= 0.6 is 12.4 Å². The highest BCUT2D eigenvalue weighted by molar-refractivity contribution is 7.89. The molecule has 0 radical (unpaired) electrons. The highest BCUT2D eigenvalue weighted by atomic mass is 35.5. The molecule has 1 rings (SSSR count). The monoisotopic (exact) mass is 312 g/mol. The molecule has 0 heterocycles. The second-order valence-electron chi connectivity index (χ2n) is 6.68. The van der Waals surface area contributed by atoms with Crippen LogP contribution in [0.15, 0.2) is 0 Å². The van der Waals surface area contributed by atoms with Gasteiger partial charge in [0.15, 0.2) is 0 Å². The quantitative estimate of drug-likeness (QED) is 0.818. The predicted octanol–water partition coefficient (Wildman–Crippen LogP) is 2.28. The Labute approximate surface area is 124 Å². The molecule has 0 aromatic carbocycles. The van der Waals surface area contributed by atoms with Gasteiger partial charge >= 0.3 is 0 Å². The molecule has 3 N–H and O–H groups in total. The van der Waals surface area contributed by atoms with Crippen LogP contribution in [0, 0.1) is 11.3 Å². The van der Waals surface area contributed by atoms with Gasteiger partial charge in [-0.05, 0) is 24.2 Å². The van der Waals surface area contributed by atoms with E-state index in [2.05, 4.69) is 4.72 Å². The Bertz CT molecular complexity index is 346. The van der Waals surface area contributed by atoms with Crippen molar-refractivity contribution in [1.82, 2.24) is 4.72 Å². The topological polar surface area (TPSA) is 72.2 Å². The van der Waals surface area contributed by atoms with Crippen LogP contribution in [0.25, 0.3) is 0 Å². The number of nitrogens with one attached hydrogen (secondary N) is 1. The lowest BCUT2D eigenvalue weighted by molar-refractivity contribution is 0.293. The molecule has 0 saturated heterocycles. The molecule has 0 aromatic rings. The molecular weight excluding hydrogens is 284 g/mol. The minimum atomic E-state index is -3.23. The van der Waals surface area contributed by atoms with E-state index in [9.17, 15) is 8.42 Å². The summed E-state index contributed by atoms with van der Waals surface area (Å²) in [6.45, 7) is 6.20. The standard InChI is InChI=1S/C13H28N2O2S.ClH/c1-13(2,3)10-18(16,17)15-12(9-14)11-7-5-4-6-8-11;/h11-12,15H,4-10,14H2,1-3H3;1H. The number of nitrogens with two attached hydrogens (primary N) is 1. The fourth-order valence-corrected chi connectivity index (χ4v) is 4.69. The van der Waals surface area contributed by atoms with Crippen molar-refractivity contribution in [1.29, 1.82) is 0 Å². The molecule has 0 amide bonds. The van der Waals surface area contributed by atoms with Crippen LogP contribution in [0.3, 0.4) is 0 Å². The summed E-state index contributed by atoms with van der Waals surface area (Å²) in [7, 11) is -3.23. The molecule has 0 aromatic heterocycles. The molecule has 1 atom stereocenters. The van der Waals surface area contributed by atoms with Gasteiger partial charge in [0, 0.05) is 12.6 Å². The summed E-state index contributed by atoms with van der Waals surface area (Å²) in [5, 5.41) is 0. The zero-order valence-corrected chi connectivity index (χ0v) is 13.9. The number of hydrogen-bond acceptors (Lipinski definition) is 3. The van der Waals surface area contributed by atoms with Gasteiger partial charge in [0.2, 0.25) is 10.0 Å². The number of rotatable bonds is 5. The zero-order valence-electron chi connectivity index (χ0n) is 12.3. The molecular formula is C13H29ClN2O2S. The lowest BCUT2D eigenvalue weighted by Gasteiger charge is -2.30. The Morgan fingerprint density at radius 1 is 1.21 bits per heavy atom. The molecule has 1 aliphatic rings. The Kier molecular flexibility index (Phi) is 7.88. The Balaban J connectivity index is 0.00000324. The van der Waals surface area contributed by atoms with Crippen LogP contribution < -0.4 is 10.5 Å². The van der Waals surface area contributed by atoms with E-state index in [-0.39, 0.29) is 29.6 Å². The van der Waals surface area contributed by atoms with Crippen LogP contribution in [0.5, 0.6) is 0 Å². The van der Waals surface area contributed by atoms with Gasteiger partial charge in [0.25, 0.3) is 0 Å². The molecule has 1 aliphatic carbocycles. The van der Waals surface area contributed by atoms with Crippen LogP contribution in [-0.4, -0.2) is 26.8 Å². The van der Waals surface area contributed by atoms with E-state index in [0.717, 1.165) is 12.8 Å². The van der Waals surface area contributed by atoms with Gasteiger partial charge in [-0.2, -0.15) is 0 Å². The normalized spacial score (nSPS) is 19.8. The highest BCUT2D eigenvalue weighted by Gasteiger charge is 2.28. The van der Waals surface area contributed by atoms with Crippen molar-refractivity contribution in [2.24, 2.45) is 17.1 Å². The maximum Gasteiger partial charge on any atom is 0.212 e. The van der Waals surface area contributed by atoms with Crippen molar-refractivity contribution in [2.45, 2.75) is 58.9 Å². The first-order valence-corrected chi connectivity index (χ1v) is 8.59. The third-order valence-corrected chi connectivity index (χ3v) is 5.33. The van der Waals surface area contributed by atoms with Crippen LogP contribution in [0.2, 0.25) is 0 Å². The highest BCUT2D eigenvalue weighted by Crippen LogP contribution is 2.27. The maximum atomic E-state index is 12.1. The lowest BCUT2D eigenvalue weighted by Crippen LogP contribution is -2.47. The Hall–Kier alpha value is 0.160.